The van der Waals surface area contributed by atoms with Gasteiger partial charge in [-0.1, -0.05) is 95.2 Å². The van der Waals surface area contributed by atoms with Gasteiger partial charge in [0, 0.05) is 17.5 Å². The molecular formula is C29H44AlO6P. The second-order valence-electron chi connectivity index (χ2n) is 13.7. The Morgan fingerprint density at radius 2 is 1.08 bits per heavy atom. The molecule has 2 N–H and O–H groups in total. The summed E-state index contributed by atoms with van der Waals surface area (Å²) < 4.78 is 16.8. The average Bonchev–Trinajstić information content (AvgIpc) is 2.59. The molecule has 0 aromatic heterocycles. The molecule has 0 unspecified atom stereocenters. The predicted octanol–water partition coefficient (Wildman–Crippen LogP) is 5.82. The van der Waals surface area contributed by atoms with Crippen LogP contribution in [0.25, 0.3) is 0 Å². The summed E-state index contributed by atoms with van der Waals surface area (Å²) in [5.74, 6) is 0.166. The number of benzene rings is 2. The van der Waals surface area contributed by atoms with Crippen molar-refractivity contribution in [1.29, 1.82) is 0 Å². The van der Waals surface area contributed by atoms with Gasteiger partial charge < -0.3 is 29.5 Å². The minimum atomic E-state index is -5.30. The molecule has 0 atom stereocenters. The molecule has 8 heteroatoms. The maximum Gasteiger partial charge on any atom is 3.00 e. The van der Waals surface area contributed by atoms with Crippen LogP contribution in [0.1, 0.15) is 116 Å². The van der Waals surface area contributed by atoms with Gasteiger partial charge in [0.15, 0.2) is 0 Å². The molecule has 0 aliphatic carbocycles. The van der Waals surface area contributed by atoms with E-state index in [1.54, 1.807) is 12.1 Å². The molecule has 0 bridgehead atoms. The summed E-state index contributed by atoms with van der Waals surface area (Å²) in [6, 6.07) is 7.11. The van der Waals surface area contributed by atoms with E-state index >= 15 is 0 Å². The second kappa shape index (κ2) is 11.4. The van der Waals surface area contributed by atoms with Crippen LogP contribution in [-0.4, -0.2) is 27.9 Å². The molecule has 0 saturated carbocycles. The topological polar surface area (TPSA) is 123 Å². The smallest absolute Gasteiger partial charge is 0.870 e. The Kier molecular flexibility index (Phi) is 11.0. The molecule has 37 heavy (non-hydrogen) atoms. The third-order valence-corrected chi connectivity index (χ3v) is 6.66. The van der Waals surface area contributed by atoms with E-state index in [4.69, 9.17) is 4.52 Å². The van der Waals surface area contributed by atoms with Crippen molar-refractivity contribution < 1.29 is 29.5 Å². The van der Waals surface area contributed by atoms with Crippen LogP contribution < -0.4 is 14.3 Å². The number of rotatable bonds is 4. The number of phosphoric acid groups is 1. The second-order valence-corrected chi connectivity index (χ2v) is 14.7. The van der Waals surface area contributed by atoms with Gasteiger partial charge in [0.25, 0.3) is 0 Å². The molecule has 0 heterocycles. The van der Waals surface area contributed by atoms with E-state index in [0.717, 1.165) is 27.8 Å². The number of hydrogen-bond donors (Lipinski definition) is 1. The van der Waals surface area contributed by atoms with Gasteiger partial charge in [-0.2, -0.15) is 0 Å². The summed E-state index contributed by atoms with van der Waals surface area (Å²) in [5, 5.41) is 11.1. The molecule has 6 nitrogen and oxygen atoms in total. The van der Waals surface area contributed by atoms with Crippen LogP contribution >= 0.6 is 7.82 Å². The summed E-state index contributed by atoms with van der Waals surface area (Å²) in [6.07, 6.45) is 0.230. The predicted molar refractivity (Wildman–Crippen MR) is 148 cm³/mol. The fraction of sp³-hybridized carbons (Fsp3) is 0.586. The van der Waals surface area contributed by atoms with Gasteiger partial charge in [0.2, 0.25) is 0 Å². The fourth-order valence-electron chi connectivity index (χ4n) is 4.97. The quantitative estimate of drug-likeness (QED) is 0.381. The first-order chi connectivity index (χ1) is 15.4. The monoisotopic (exact) mass is 546 g/mol. The number of hydrogen-bond acceptors (Lipinski definition) is 6. The van der Waals surface area contributed by atoms with Crippen molar-refractivity contribution in [2.45, 2.75) is 111 Å². The zero-order chi connectivity index (χ0) is 27.4. The van der Waals surface area contributed by atoms with Crippen LogP contribution in [0.15, 0.2) is 24.3 Å². The first-order valence-corrected chi connectivity index (χ1v) is 13.6. The van der Waals surface area contributed by atoms with Crippen molar-refractivity contribution >= 4 is 25.2 Å². The molecule has 0 amide bonds. The van der Waals surface area contributed by atoms with Crippen molar-refractivity contribution in [3.63, 3.8) is 0 Å². The summed E-state index contributed by atoms with van der Waals surface area (Å²) in [6.45, 7) is 25.2. The Hall–Kier alpha value is -1.32. The maximum atomic E-state index is 11.7. The number of phenolic OH excluding ortho intramolecular Hbond substituents is 1. The molecular weight excluding hydrogens is 502 g/mol. The molecule has 0 aliphatic rings. The Bertz CT molecular complexity index is 1140. The van der Waals surface area contributed by atoms with Crippen LogP contribution in [0.2, 0.25) is 0 Å². The van der Waals surface area contributed by atoms with Crippen molar-refractivity contribution in [2.24, 2.45) is 0 Å². The van der Waals surface area contributed by atoms with Crippen LogP contribution in [0, 0.1) is 0 Å². The van der Waals surface area contributed by atoms with Gasteiger partial charge in [-0.3, -0.25) is 0 Å². The number of aromatic hydroxyl groups is 1. The largest absolute Gasteiger partial charge is 3.00 e. The first kappa shape index (κ1) is 35.7. The van der Waals surface area contributed by atoms with Gasteiger partial charge >= 0.3 is 17.4 Å². The van der Waals surface area contributed by atoms with Gasteiger partial charge in [-0.15, -0.1) is 0 Å². The maximum absolute atomic E-state index is 11.7. The van der Waals surface area contributed by atoms with Gasteiger partial charge in [-0.05, 0) is 56.0 Å². The van der Waals surface area contributed by atoms with E-state index in [2.05, 4.69) is 83.1 Å². The molecule has 0 aliphatic heterocycles. The molecule has 204 valence electrons. The van der Waals surface area contributed by atoms with Crippen LogP contribution in [0.4, 0.5) is 0 Å². The first-order valence-electron chi connectivity index (χ1n) is 12.2. The SMILES string of the molecule is CC(C)(C)c1ccc(O)c(Cc2c(OP(=O)([O-])[O-])ccc(C(C)(C)C)c2C(C)(C)C)c1C(C)(C)C.[Al+3].[OH-]. The van der Waals surface area contributed by atoms with E-state index in [1.165, 1.54) is 0 Å². The standard InChI is InChI=1S/C29H45O5P.Al.H2O/c1-26(2,3)20-13-15-22(30)18(24(20)28(7,8)9)17-19-23(34-35(31,32)33)16-14-21(27(4,5)6)25(19)29(10,11)12;;/h13-16,30H,17H2,1-12H3,(H2,31,32,33);;1H2/q;+3;/p-3. The Morgan fingerprint density at radius 3 is 1.43 bits per heavy atom. The van der Waals surface area contributed by atoms with E-state index in [1.807, 2.05) is 12.1 Å². The summed E-state index contributed by atoms with van der Waals surface area (Å²) in [4.78, 5) is 23.5. The van der Waals surface area contributed by atoms with E-state index in [9.17, 15) is 19.5 Å². The van der Waals surface area contributed by atoms with Crippen LogP contribution in [0.5, 0.6) is 11.5 Å². The van der Waals surface area contributed by atoms with E-state index in [0.29, 0.717) is 5.56 Å². The van der Waals surface area contributed by atoms with Crippen molar-refractivity contribution in [3.8, 4) is 11.5 Å². The van der Waals surface area contributed by atoms with Crippen molar-refractivity contribution in [2.75, 3.05) is 0 Å². The Labute approximate surface area is 234 Å². The zero-order valence-corrected chi connectivity index (χ0v) is 26.6. The molecule has 0 saturated heterocycles. The van der Waals surface area contributed by atoms with Gasteiger partial charge in [0.05, 0.1) is 0 Å². The molecule has 0 radical (unpaired) electrons. The molecule has 2 aromatic carbocycles. The summed E-state index contributed by atoms with van der Waals surface area (Å²) in [7, 11) is -5.30. The average molecular weight is 547 g/mol. The molecule has 2 rings (SSSR count). The molecule has 0 fully saturated rings. The summed E-state index contributed by atoms with van der Waals surface area (Å²) >= 11 is 0. The normalized spacial score (nSPS) is 13.0. The van der Waals surface area contributed by atoms with Crippen molar-refractivity contribution in [1.82, 2.24) is 0 Å². The van der Waals surface area contributed by atoms with E-state index in [-0.39, 0.29) is 62.4 Å². The van der Waals surface area contributed by atoms with Gasteiger partial charge in [0.1, 0.15) is 19.3 Å². The Morgan fingerprint density at radius 1 is 0.703 bits per heavy atom. The van der Waals surface area contributed by atoms with Crippen LogP contribution in [0.3, 0.4) is 0 Å². The minimum Gasteiger partial charge on any atom is -0.870 e. The van der Waals surface area contributed by atoms with Gasteiger partial charge in [-0.25, -0.2) is 0 Å². The Balaban J connectivity index is 0.00000648. The number of phenols is 1. The minimum absolute atomic E-state index is 0. The fourth-order valence-corrected chi connectivity index (χ4v) is 5.38. The summed E-state index contributed by atoms with van der Waals surface area (Å²) in [5.41, 5.74) is 4.34. The third-order valence-electron chi connectivity index (χ3n) is 6.24. The van der Waals surface area contributed by atoms with Crippen LogP contribution in [-0.2, 0) is 32.6 Å². The van der Waals surface area contributed by atoms with E-state index < -0.39 is 7.82 Å². The molecule has 2 aromatic rings. The number of phosphoric ester groups is 1. The molecule has 0 spiro atoms. The third kappa shape index (κ3) is 8.59. The zero-order valence-electron chi connectivity index (χ0n) is 24.6. The van der Waals surface area contributed by atoms with Crippen molar-refractivity contribution in [3.05, 3.63) is 57.6 Å².